The molecule has 1 amide bonds. The number of carbonyl (C=O) groups excluding carboxylic acids is 1. The normalized spacial score (nSPS) is 15.3. The molecule has 1 aliphatic rings. The summed E-state index contributed by atoms with van der Waals surface area (Å²) in [6.45, 7) is 1.21. The molecular formula is C14H21N3O3S2. The lowest BCUT2D eigenvalue weighted by Crippen LogP contribution is -2.27. The molecule has 0 spiro atoms. The molecule has 0 aliphatic carbocycles. The highest BCUT2D eigenvalue weighted by atomic mass is 32.2. The first-order valence-corrected chi connectivity index (χ1v) is 9.56. The van der Waals surface area contributed by atoms with E-state index in [1.54, 1.807) is 23.9 Å². The van der Waals surface area contributed by atoms with Crippen LogP contribution in [0.4, 0.5) is 5.69 Å². The van der Waals surface area contributed by atoms with Crippen LogP contribution in [0.15, 0.2) is 28.0 Å². The summed E-state index contributed by atoms with van der Waals surface area (Å²) >= 11 is 1.55. The molecule has 2 N–H and O–H groups in total. The second kappa shape index (κ2) is 7.45. The van der Waals surface area contributed by atoms with E-state index in [-0.39, 0.29) is 10.8 Å². The van der Waals surface area contributed by atoms with E-state index in [0.29, 0.717) is 24.4 Å². The van der Waals surface area contributed by atoms with Gasteiger partial charge in [-0.2, -0.15) is 0 Å². The second-order valence-electron chi connectivity index (χ2n) is 5.36. The molecule has 1 aliphatic heterocycles. The van der Waals surface area contributed by atoms with Gasteiger partial charge in [0.15, 0.2) is 0 Å². The minimum atomic E-state index is -3.55. The molecule has 1 aromatic rings. The van der Waals surface area contributed by atoms with Crippen molar-refractivity contribution in [1.29, 1.82) is 0 Å². The van der Waals surface area contributed by atoms with Gasteiger partial charge in [-0.3, -0.25) is 4.79 Å². The second-order valence-corrected chi connectivity index (χ2v) is 8.26. The minimum Gasteiger partial charge on any atom is -0.325 e. The van der Waals surface area contributed by atoms with Crippen LogP contribution in [0.5, 0.6) is 0 Å². The van der Waals surface area contributed by atoms with Gasteiger partial charge < -0.3 is 10.2 Å². The van der Waals surface area contributed by atoms with Crippen LogP contribution in [0.2, 0.25) is 0 Å². The molecule has 0 aromatic heterocycles. The van der Waals surface area contributed by atoms with Crippen molar-refractivity contribution >= 4 is 33.4 Å². The Morgan fingerprint density at radius 1 is 1.36 bits per heavy atom. The van der Waals surface area contributed by atoms with Crippen molar-refractivity contribution in [3.05, 3.63) is 18.2 Å². The van der Waals surface area contributed by atoms with Crippen molar-refractivity contribution in [1.82, 2.24) is 9.62 Å². The lowest BCUT2D eigenvalue weighted by Gasteiger charge is -2.12. The van der Waals surface area contributed by atoms with Crippen molar-refractivity contribution in [2.24, 2.45) is 0 Å². The topological polar surface area (TPSA) is 78.5 Å². The van der Waals surface area contributed by atoms with Crippen molar-refractivity contribution in [2.75, 3.05) is 38.3 Å². The first-order valence-electron chi connectivity index (χ1n) is 7.09. The van der Waals surface area contributed by atoms with Gasteiger partial charge in [-0.05, 0) is 45.3 Å². The largest absolute Gasteiger partial charge is 0.325 e. The third kappa shape index (κ3) is 4.70. The number of nitrogens with zero attached hydrogens (tertiary/aromatic N) is 1. The zero-order valence-corrected chi connectivity index (χ0v) is 14.4. The maximum Gasteiger partial charge on any atom is 0.240 e. The number of thioether (sulfide) groups is 1. The first-order chi connectivity index (χ1) is 10.4. The predicted molar refractivity (Wildman–Crippen MR) is 88.8 cm³/mol. The van der Waals surface area contributed by atoms with Gasteiger partial charge in [0.25, 0.3) is 0 Å². The Morgan fingerprint density at radius 3 is 2.86 bits per heavy atom. The number of nitrogens with one attached hydrogen (secondary N) is 2. The molecule has 0 unspecified atom stereocenters. The average molecular weight is 343 g/mol. The molecule has 122 valence electrons. The van der Waals surface area contributed by atoms with Crippen LogP contribution in [-0.4, -0.2) is 52.2 Å². The van der Waals surface area contributed by atoms with Crippen LogP contribution < -0.4 is 10.0 Å². The highest BCUT2D eigenvalue weighted by Crippen LogP contribution is 2.32. The van der Waals surface area contributed by atoms with E-state index in [9.17, 15) is 13.2 Å². The Bertz CT molecular complexity index is 645. The molecule has 2 rings (SSSR count). The summed E-state index contributed by atoms with van der Waals surface area (Å²) < 4.78 is 27.2. The summed E-state index contributed by atoms with van der Waals surface area (Å²) in [4.78, 5) is 14.7. The van der Waals surface area contributed by atoms with Crippen LogP contribution in [0.1, 0.15) is 12.8 Å². The minimum absolute atomic E-state index is 0.0836. The average Bonchev–Trinajstić information content (AvgIpc) is 2.63. The van der Waals surface area contributed by atoms with Crippen molar-refractivity contribution in [2.45, 2.75) is 22.6 Å². The zero-order valence-electron chi connectivity index (χ0n) is 12.8. The summed E-state index contributed by atoms with van der Waals surface area (Å²) in [7, 11) is 0.341. The molecule has 0 fully saturated rings. The Hall–Kier alpha value is -1.09. The number of fused-ring (bicyclic) bond motifs is 1. The number of anilines is 1. The van der Waals surface area contributed by atoms with Crippen LogP contribution in [0.3, 0.4) is 0 Å². The lowest BCUT2D eigenvalue weighted by molar-refractivity contribution is -0.115. The molecule has 0 atom stereocenters. The molecule has 1 heterocycles. The summed E-state index contributed by atoms with van der Waals surface area (Å²) in [5.74, 6) is 0.619. The number of benzene rings is 1. The van der Waals surface area contributed by atoms with E-state index >= 15 is 0 Å². The van der Waals surface area contributed by atoms with E-state index in [1.807, 2.05) is 19.0 Å². The van der Waals surface area contributed by atoms with Gasteiger partial charge in [0.1, 0.15) is 0 Å². The summed E-state index contributed by atoms with van der Waals surface area (Å²) in [6, 6.07) is 4.86. The fraction of sp³-hybridized carbons (Fsp3) is 0.500. The van der Waals surface area contributed by atoms with E-state index in [4.69, 9.17) is 0 Å². The fourth-order valence-electron chi connectivity index (χ4n) is 2.05. The molecule has 0 radical (unpaired) electrons. The van der Waals surface area contributed by atoms with E-state index < -0.39 is 10.0 Å². The number of hydrogen-bond donors (Lipinski definition) is 2. The smallest absolute Gasteiger partial charge is 0.240 e. The standard InChI is InChI=1S/C14H21N3O3S2/c1-17(2)8-3-7-15-22(19,20)11-4-5-13-12(10-11)16-14(18)6-9-21-13/h4-5,10,15H,3,6-9H2,1-2H3,(H,16,18). The highest BCUT2D eigenvalue weighted by Gasteiger charge is 2.18. The zero-order chi connectivity index (χ0) is 16.2. The van der Waals surface area contributed by atoms with Gasteiger partial charge in [0.2, 0.25) is 15.9 Å². The monoisotopic (exact) mass is 343 g/mol. The maximum atomic E-state index is 12.3. The summed E-state index contributed by atoms with van der Waals surface area (Å²) in [5.41, 5.74) is 0.573. The van der Waals surface area contributed by atoms with E-state index in [2.05, 4.69) is 10.0 Å². The molecule has 1 aromatic carbocycles. The van der Waals surface area contributed by atoms with Gasteiger partial charge in [0.05, 0.1) is 10.6 Å². The van der Waals surface area contributed by atoms with E-state index in [0.717, 1.165) is 17.9 Å². The van der Waals surface area contributed by atoms with Crippen molar-refractivity contribution < 1.29 is 13.2 Å². The Morgan fingerprint density at radius 2 is 2.14 bits per heavy atom. The third-order valence-corrected chi connectivity index (χ3v) is 5.73. The molecule has 0 saturated carbocycles. The Kier molecular flexibility index (Phi) is 5.85. The number of hydrogen-bond acceptors (Lipinski definition) is 5. The van der Waals surface area contributed by atoms with Crippen LogP contribution in [0.25, 0.3) is 0 Å². The molecule has 8 heteroatoms. The number of rotatable bonds is 6. The third-order valence-electron chi connectivity index (χ3n) is 3.20. The van der Waals surface area contributed by atoms with Crippen LogP contribution in [0, 0.1) is 0 Å². The van der Waals surface area contributed by atoms with E-state index in [1.165, 1.54) is 6.07 Å². The molecular weight excluding hydrogens is 322 g/mol. The summed E-state index contributed by atoms with van der Waals surface area (Å²) in [6.07, 6.45) is 1.17. The first kappa shape index (κ1) is 17.3. The van der Waals surface area contributed by atoms with Crippen LogP contribution >= 0.6 is 11.8 Å². The maximum absolute atomic E-state index is 12.3. The molecule has 6 nitrogen and oxygen atoms in total. The van der Waals surface area contributed by atoms with Crippen LogP contribution in [-0.2, 0) is 14.8 Å². The van der Waals surface area contributed by atoms with Gasteiger partial charge in [0, 0.05) is 23.6 Å². The van der Waals surface area contributed by atoms with Gasteiger partial charge in [-0.15, -0.1) is 11.8 Å². The molecule has 22 heavy (non-hydrogen) atoms. The fourth-order valence-corrected chi connectivity index (χ4v) is 4.09. The number of sulfonamides is 1. The van der Waals surface area contributed by atoms with Crippen molar-refractivity contribution in [3.63, 3.8) is 0 Å². The quantitative estimate of drug-likeness (QED) is 0.763. The van der Waals surface area contributed by atoms with Gasteiger partial charge in [-0.1, -0.05) is 0 Å². The number of carbonyl (C=O) groups is 1. The molecule has 0 saturated heterocycles. The van der Waals surface area contributed by atoms with Crippen molar-refractivity contribution in [3.8, 4) is 0 Å². The lowest BCUT2D eigenvalue weighted by atomic mass is 10.3. The number of amides is 1. The SMILES string of the molecule is CN(C)CCCNS(=O)(=O)c1ccc2c(c1)NC(=O)CCS2. The summed E-state index contributed by atoms with van der Waals surface area (Å²) in [5, 5.41) is 2.76. The predicted octanol–water partition coefficient (Wildman–Crippen LogP) is 1.35. The van der Waals surface area contributed by atoms with Gasteiger partial charge >= 0.3 is 0 Å². The Labute approximate surface area is 135 Å². The Balaban J connectivity index is 2.09. The highest BCUT2D eigenvalue weighted by molar-refractivity contribution is 7.99. The van der Waals surface area contributed by atoms with Gasteiger partial charge in [-0.25, -0.2) is 13.1 Å². The molecule has 0 bridgehead atoms.